The number of likely N-dealkylation sites (N-methyl/N-ethyl adjacent to an activating group) is 1. The number of carbonyl (C=O) groups excluding carboxylic acids is 6. The Morgan fingerprint density at radius 2 is 1.32 bits per heavy atom. The molecule has 258 valence electrons. The van der Waals surface area contributed by atoms with E-state index < -0.39 is 46.4 Å². The number of hydrogen-bond acceptors (Lipinski definition) is 9. The summed E-state index contributed by atoms with van der Waals surface area (Å²) in [6.45, 7) is 17.5. The summed E-state index contributed by atoms with van der Waals surface area (Å²) in [5, 5.41) is 0.904. The number of nitrogens with zero attached hydrogens (tertiary/aromatic N) is 3. The first-order chi connectivity index (χ1) is 23.5. The molecule has 0 atom stereocenters. The topological polar surface area (TPSA) is 131 Å². The molecule has 0 radical (unpaired) electrons. The first kappa shape index (κ1) is 35.5. The third-order valence-electron chi connectivity index (χ3n) is 9.22. The van der Waals surface area contributed by atoms with Gasteiger partial charge in [-0.05, 0) is 59.4 Å². The zero-order valence-electron chi connectivity index (χ0n) is 28.9. The summed E-state index contributed by atoms with van der Waals surface area (Å²) >= 11 is 0. The van der Waals surface area contributed by atoms with Crippen LogP contribution in [0.3, 0.4) is 0 Å². The molecule has 4 amide bonds. The van der Waals surface area contributed by atoms with Gasteiger partial charge >= 0.3 is 11.9 Å². The minimum Gasteiger partial charge on any atom is -0.344 e. The molecule has 3 aliphatic rings. The number of hydroxylamine groups is 4. The summed E-state index contributed by atoms with van der Waals surface area (Å²) in [5.41, 5.74) is 6.32. The van der Waals surface area contributed by atoms with Gasteiger partial charge < -0.3 is 14.6 Å². The molecule has 2 aromatic rings. The number of allylic oxidation sites excluding steroid dienone is 5. The van der Waals surface area contributed by atoms with Gasteiger partial charge in [0.1, 0.15) is 0 Å². The van der Waals surface area contributed by atoms with Crippen LogP contribution in [0.5, 0.6) is 0 Å². The Hall–Kier alpha value is -5.84. The fourth-order valence-corrected chi connectivity index (χ4v) is 6.32. The Bertz CT molecular complexity index is 1930. The Morgan fingerprint density at radius 1 is 0.820 bits per heavy atom. The Balaban J connectivity index is 1.30. The van der Waals surface area contributed by atoms with E-state index in [1.54, 1.807) is 0 Å². The number of carbonyl (C=O) groups is 6. The van der Waals surface area contributed by atoms with Gasteiger partial charge in [0.25, 0.3) is 23.6 Å². The number of aryl methyl sites for hydroxylation is 1. The van der Waals surface area contributed by atoms with Crippen molar-refractivity contribution in [2.45, 2.75) is 65.2 Å². The number of hydrogen-bond donors (Lipinski definition) is 0. The molecule has 50 heavy (non-hydrogen) atoms. The van der Waals surface area contributed by atoms with Crippen LogP contribution in [0, 0.1) is 6.92 Å². The molecule has 0 N–H and O–H groups in total. The van der Waals surface area contributed by atoms with Crippen LogP contribution in [-0.2, 0) is 62.1 Å². The van der Waals surface area contributed by atoms with Gasteiger partial charge in [0.15, 0.2) is 0 Å². The fraction of sp³-hybridized carbons (Fsp3) is 0.282. The van der Waals surface area contributed by atoms with Gasteiger partial charge in [-0.3, -0.25) is 19.2 Å². The third-order valence-corrected chi connectivity index (χ3v) is 9.22. The molecule has 0 spiro atoms. The fourth-order valence-electron chi connectivity index (χ4n) is 6.32. The summed E-state index contributed by atoms with van der Waals surface area (Å²) in [6.07, 6.45) is 9.96. The molecule has 0 fully saturated rings. The number of rotatable bonds is 11. The van der Waals surface area contributed by atoms with E-state index >= 15 is 0 Å². The highest BCUT2D eigenvalue weighted by Crippen LogP contribution is 2.48. The molecule has 0 unspecified atom stereocenters. The van der Waals surface area contributed by atoms with E-state index in [0.717, 1.165) is 58.0 Å². The molecule has 3 aliphatic heterocycles. The summed E-state index contributed by atoms with van der Waals surface area (Å²) in [4.78, 5) is 84.5. The van der Waals surface area contributed by atoms with Crippen LogP contribution in [0.15, 0.2) is 96.8 Å². The Kier molecular flexibility index (Phi) is 9.63. The summed E-state index contributed by atoms with van der Waals surface area (Å²) in [6, 6.07) is 11.4. The maximum Gasteiger partial charge on any atom is 0.337 e. The van der Waals surface area contributed by atoms with E-state index in [-0.39, 0.29) is 12.8 Å². The summed E-state index contributed by atoms with van der Waals surface area (Å²) in [5.74, 6) is -4.23. The lowest BCUT2D eigenvalue weighted by Gasteiger charge is -2.29. The van der Waals surface area contributed by atoms with Crippen molar-refractivity contribution in [2.24, 2.45) is 0 Å². The molecule has 0 saturated heterocycles. The number of amides is 4. The average Bonchev–Trinajstić information content (AvgIpc) is 3.62. The van der Waals surface area contributed by atoms with Crippen molar-refractivity contribution < 1.29 is 38.4 Å². The normalized spacial score (nSPS) is 17.5. The van der Waals surface area contributed by atoms with Gasteiger partial charge in [-0.1, -0.05) is 86.9 Å². The number of fused-ring (bicyclic) bond motifs is 1. The molecule has 0 aliphatic carbocycles. The molecule has 2 aromatic carbocycles. The van der Waals surface area contributed by atoms with Crippen molar-refractivity contribution in [1.82, 2.24) is 10.1 Å². The molecular formula is C39H39N3O8. The molecule has 11 heteroatoms. The molecular weight excluding hydrogens is 638 g/mol. The van der Waals surface area contributed by atoms with Gasteiger partial charge in [0.2, 0.25) is 0 Å². The van der Waals surface area contributed by atoms with E-state index in [9.17, 15) is 28.8 Å². The largest absolute Gasteiger partial charge is 0.344 e. The Morgan fingerprint density at radius 3 is 1.84 bits per heavy atom. The minimum absolute atomic E-state index is 0.114. The van der Waals surface area contributed by atoms with Crippen molar-refractivity contribution in [3.05, 3.63) is 125 Å². The predicted octanol–water partition coefficient (Wildman–Crippen LogP) is 4.94. The molecule has 5 rings (SSSR count). The van der Waals surface area contributed by atoms with Crippen molar-refractivity contribution in [3.63, 3.8) is 0 Å². The lowest BCUT2D eigenvalue weighted by molar-refractivity contribution is -0.195. The van der Waals surface area contributed by atoms with Crippen molar-refractivity contribution in [1.29, 1.82) is 0 Å². The zero-order valence-corrected chi connectivity index (χ0v) is 28.9. The van der Waals surface area contributed by atoms with Crippen LogP contribution in [0.2, 0.25) is 0 Å². The highest BCUT2D eigenvalue weighted by atomic mass is 16.7. The van der Waals surface area contributed by atoms with Crippen LogP contribution in [0.4, 0.5) is 5.69 Å². The first-order valence-electron chi connectivity index (χ1n) is 16.2. The highest BCUT2D eigenvalue weighted by molar-refractivity contribution is 6.13. The maximum atomic E-state index is 12.6. The van der Waals surface area contributed by atoms with Gasteiger partial charge in [-0.25, -0.2) is 9.59 Å². The van der Waals surface area contributed by atoms with Gasteiger partial charge in [0.05, 0.1) is 12.8 Å². The summed E-state index contributed by atoms with van der Waals surface area (Å²) in [7, 11) is 0. The second-order valence-electron chi connectivity index (χ2n) is 13.3. The van der Waals surface area contributed by atoms with Crippen LogP contribution < -0.4 is 4.90 Å². The van der Waals surface area contributed by atoms with Crippen LogP contribution in [0.1, 0.15) is 62.4 Å². The lowest BCUT2D eigenvalue weighted by Crippen LogP contribution is -2.33. The quantitative estimate of drug-likeness (QED) is 0.240. The predicted molar refractivity (Wildman–Crippen MR) is 185 cm³/mol. The van der Waals surface area contributed by atoms with Crippen LogP contribution in [0.25, 0.3) is 0 Å². The van der Waals surface area contributed by atoms with Crippen molar-refractivity contribution >= 4 is 41.3 Å². The standard InChI is InChI=1S/C39H39N3O8/c1-8-40-30-15-14-27(23-37(48)50-42-34(45)18-19-35(42)46)21-29(30)39(6,7)31(40)11-9-10-25(3)38(4,5)28-20-26(13-12-24(28)2)22-36(47)49-41-32(43)16-17-33(41)44/h9-21H,3,8,22-23H2,1-2,4-7H3/b10-9+,31-11-. The minimum atomic E-state index is -0.728. The molecule has 0 saturated carbocycles. The molecule has 0 bridgehead atoms. The maximum absolute atomic E-state index is 12.6. The van der Waals surface area contributed by atoms with Gasteiger partial charge in [0, 0.05) is 53.1 Å². The second kappa shape index (κ2) is 13.6. The van der Waals surface area contributed by atoms with E-state index in [2.05, 4.69) is 52.2 Å². The number of imide groups is 2. The van der Waals surface area contributed by atoms with Crippen LogP contribution in [-0.4, -0.2) is 52.2 Å². The summed E-state index contributed by atoms with van der Waals surface area (Å²) < 4.78 is 0. The average molecular weight is 678 g/mol. The van der Waals surface area contributed by atoms with E-state index in [1.807, 2.05) is 55.5 Å². The Labute approximate surface area is 290 Å². The van der Waals surface area contributed by atoms with E-state index in [1.165, 1.54) is 0 Å². The van der Waals surface area contributed by atoms with Crippen molar-refractivity contribution in [3.8, 4) is 0 Å². The van der Waals surface area contributed by atoms with Crippen molar-refractivity contribution in [2.75, 3.05) is 11.4 Å². The number of anilines is 1. The first-order valence-corrected chi connectivity index (χ1v) is 16.2. The van der Waals surface area contributed by atoms with Crippen LogP contribution >= 0.6 is 0 Å². The molecule has 0 aromatic heterocycles. The number of benzene rings is 2. The zero-order chi connectivity index (χ0) is 36.5. The van der Waals surface area contributed by atoms with E-state index in [0.29, 0.717) is 27.8 Å². The van der Waals surface area contributed by atoms with Gasteiger partial charge in [-0.15, -0.1) is 0 Å². The lowest BCUT2D eigenvalue weighted by atomic mass is 9.75. The highest BCUT2D eigenvalue weighted by Gasteiger charge is 2.39. The molecule has 3 heterocycles. The SMILES string of the molecule is C=C(/C=C/C=C1\N(CC)c2ccc(CC(=O)ON3C(=O)C=CC3=O)cc2C1(C)C)C(C)(C)c1cc(CC(=O)ON2C(=O)C=CC2=O)ccc1C. The second-order valence-corrected chi connectivity index (χ2v) is 13.3. The molecule has 11 nitrogen and oxygen atoms in total. The van der Waals surface area contributed by atoms with Gasteiger partial charge in [-0.2, -0.15) is 0 Å². The van der Waals surface area contributed by atoms with E-state index in [4.69, 9.17) is 9.68 Å². The third kappa shape index (κ3) is 6.84. The monoisotopic (exact) mass is 677 g/mol. The smallest absolute Gasteiger partial charge is 0.337 e.